The second-order valence-electron chi connectivity index (χ2n) is 11.7. The number of fused-ring (bicyclic) bond motifs is 2. The standard InChI is InChI=1S/C35H45N6O3/c1-2-3-6-29(36)7-4-8-30-26(13-12-25-18-24-11-10-23(14-16-42)17-27(24)19-31(25)30)20-32(41-33-9-5-15-39-33)28(21-34(43)44)22-40-35(37)38/h5,9-13,15-19,21,26,29-30,32,39H,2-4,6-8,14,20,22,36H2,1H3,(H,43,44)(H4,37,38,40)/q-1. The van der Waals surface area contributed by atoms with Crippen LogP contribution in [0.25, 0.3) is 22.2 Å². The number of H-pyrrole nitrogens is 1. The minimum absolute atomic E-state index is 0.0393. The maximum Gasteiger partial charge on any atom is 0.328 e. The van der Waals surface area contributed by atoms with Crippen molar-refractivity contribution >= 4 is 40.9 Å². The van der Waals surface area contributed by atoms with E-state index in [-0.39, 0.29) is 30.4 Å². The lowest BCUT2D eigenvalue weighted by molar-refractivity contribution is -0.131. The van der Waals surface area contributed by atoms with Gasteiger partial charge in [0.2, 0.25) is 0 Å². The summed E-state index contributed by atoms with van der Waals surface area (Å²) in [5.74, 6) is -0.279. The van der Waals surface area contributed by atoms with Crippen LogP contribution < -0.4 is 17.2 Å². The SMILES string of the molecule is CCCCC(N)CCCC1c2cc3cc(CC=O)ccc3cc2C=CC1CC([N-]c1ccc[nH]1)C(=CC(=O)O)CN=C(N)N. The van der Waals surface area contributed by atoms with Gasteiger partial charge in [-0.05, 0) is 82.7 Å². The lowest BCUT2D eigenvalue weighted by atomic mass is 9.72. The maximum atomic E-state index is 11.9. The first-order chi connectivity index (χ1) is 21.3. The summed E-state index contributed by atoms with van der Waals surface area (Å²) >= 11 is 0. The van der Waals surface area contributed by atoms with E-state index in [1.54, 1.807) is 6.20 Å². The highest BCUT2D eigenvalue weighted by Gasteiger charge is 2.29. The molecular weight excluding hydrogens is 552 g/mol. The fourth-order valence-corrected chi connectivity index (χ4v) is 6.19. The number of aromatic amines is 1. The molecule has 0 saturated heterocycles. The van der Waals surface area contributed by atoms with Crippen molar-refractivity contribution < 1.29 is 14.7 Å². The Hall–Kier alpha value is -4.37. The van der Waals surface area contributed by atoms with E-state index in [0.717, 1.165) is 61.1 Å². The van der Waals surface area contributed by atoms with E-state index in [1.165, 1.54) is 17.2 Å². The Kier molecular flexibility index (Phi) is 11.8. The van der Waals surface area contributed by atoms with Crippen molar-refractivity contribution in [3.05, 3.63) is 88.4 Å². The first-order valence-electron chi connectivity index (χ1n) is 15.5. The molecular formula is C35H45N6O3-. The highest BCUT2D eigenvalue weighted by atomic mass is 16.4. The lowest BCUT2D eigenvalue weighted by Gasteiger charge is -2.36. The van der Waals surface area contributed by atoms with Gasteiger partial charge in [-0.25, -0.2) is 9.79 Å². The molecule has 0 amide bonds. The first-order valence-corrected chi connectivity index (χ1v) is 15.5. The number of nitrogens with two attached hydrogens (primary N) is 3. The number of carboxylic acids is 1. The molecule has 44 heavy (non-hydrogen) atoms. The number of aromatic nitrogens is 1. The van der Waals surface area contributed by atoms with E-state index in [9.17, 15) is 14.7 Å². The zero-order chi connectivity index (χ0) is 31.5. The smallest absolute Gasteiger partial charge is 0.328 e. The summed E-state index contributed by atoms with van der Waals surface area (Å²) in [6.07, 6.45) is 15.4. The van der Waals surface area contributed by atoms with Gasteiger partial charge in [-0.15, -0.1) is 0 Å². The van der Waals surface area contributed by atoms with Crippen LogP contribution in [0.4, 0.5) is 5.82 Å². The molecule has 2 aromatic carbocycles. The Balaban J connectivity index is 1.70. The molecule has 1 aromatic heterocycles. The van der Waals surface area contributed by atoms with Gasteiger partial charge >= 0.3 is 5.97 Å². The molecule has 0 saturated carbocycles. The van der Waals surface area contributed by atoms with Crippen LogP contribution in [-0.2, 0) is 16.0 Å². The van der Waals surface area contributed by atoms with Gasteiger partial charge in [0.05, 0.1) is 6.54 Å². The van der Waals surface area contributed by atoms with Crippen molar-refractivity contribution in [3.8, 4) is 0 Å². The molecule has 4 rings (SSSR count). The minimum Gasteiger partial charge on any atom is -0.478 e. The number of carbonyl (C=O) groups excluding carboxylic acids is 1. The molecule has 0 radical (unpaired) electrons. The number of allylic oxidation sites excluding steroid dienone is 1. The second-order valence-corrected chi connectivity index (χ2v) is 11.7. The number of guanidine groups is 1. The number of nitrogens with one attached hydrogen (secondary N) is 1. The maximum absolute atomic E-state index is 11.9. The Morgan fingerprint density at radius 3 is 2.66 bits per heavy atom. The summed E-state index contributed by atoms with van der Waals surface area (Å²) in [6, 6.07) is 14.1. The van der Waals surface area contributed by atoms with Crippen molar-refractivity contribution in [2.45, 2.75) is 76.3 Å². The quantitative estimate of drug-likeness (QED) is 0.0546. The molecule has 0 spiro atoms. The summed E-state index contributed by atoms with van der Waals surface area (Å²) in [4.78, 5) is 30.3. The van der Waals surface area contributed by atoms with Gasteiger partial charge in [-0.2, -0.15) is 0 Å². The Morgan fingerprint density at radius 1 is 1.14 bits per heavy atom. The number of hydrogen-bond acceptors (Lipinski definition) is 4. The van der Waals surface area contributed by atoms with Crippen molar-refractivity contribution in [1.82, 2.24) is 4.98 Å². The van der Waals surface area contributed by atoms with Gasteiger partial charge in [0.15, 0.2) is 5.96 Å². The van der Waals surface area contributed by atoms with Crippen molar-refractivity contribution in [2.75, 3.05) is 6.54 Å². The van der Waals surface area contributed by atoms with Crippen LogP contribution in [0, 0.1) is 5.92 Å². The Morgan fingerprint density at radius 2 is 1.95 bits per heavy atom. The number of unbranched alkanes of at least 4 members (excludes halogenated alkanes) is 1. The van der Waals surface area contributed by atoms with Crippen molar-refractivity contribution in [2.24, 2.45) is 28.1 Å². The molecule has 0 aliphatic heterocycles. The van der Waals surface area contributed by atoms with Crippen LogP contribution in [-0.4, -0.2) is 46.9 Å². The molecule has 0 fully saturated rings. The molecule has 3 aromatic rings. The number of aldehydes is 1. The van der Waals surface area contributed by atoms with Gasteiger partial charge in [0.25, 0.3) is 0 Å². The van der Waals surface area contributed by atoms with Gasteiger partial charge in [-0.3, -0.25) is 0 Å². The van der Waals surface area contributed by atoms with Crippen LogP contribution in [0.15, 0.2) is 71.4 Å². The predicted molar refractivity (Wildman–Crippen MR) is 179 cm³/mol. The molecule has 9 heteroatoms. The molecule has 4 unspecified atom stereocenters. The summed E-state index contributed by atoms with van der Waals surface area (Å²) in [5, 5.41) is 16.9. The number of benzene rings is 2. The number of aliphatic carboxylic acids is 1. The number of nitrogens with zero attached hydrogens (tertiary/aromatic N) is 2. The number of aliphatic imine (C=N–C) groups is 1. The van der Waals surface area contributed by atoms with Crippen LogP contribution in [0.1, 0.15) is 74.5 Å². The highest BCUT2D eigenvalue weighted by Crippen LogP contribution is 2.43. The van der Waals surface area contributed by atoms with Gasteiger partial charge in [0.1, 0.15) is 6.29 Å². The van der Waals surface area contributed by atoms with Crippen LogP contribution >= 0.6 is 0 Å². The highest BCUT2D eigenvalue weighted by molar-refractivity contribution is 5.88. The molecule has 8 N–H and O–H groups in total. The first kappa shape index (κ1) is 32.5. The zero-order valence-corrected chi connectivity index (χ0v) is 25.5. The van der Waals surface area contributed by atoms with Gasteiger partial charge in [0, 0.05) is 18.5 Å². The van der Waals surface area contributed by atoms with Crippen molar-refractivity contribution in [1.29, 1.82) is 0 Å². The van der Waals surface area contributed by atoms with E-state index in [4.69, 9.17) is 22.5 Å². The molecule has 1 aliphatic rings. The number of rotatable bonds is 17. The number of carbonyl (C=O) groups is 2. The average molecular weight is 598 g/mol. The average Bonchev–Trinajstić information content (AvgIpc) is 3.51. The molecule has 0 bridgehead atoms. The summed E-state index contributed by atoms with van der Waals surface area (Å²) in [7, 11) is 0. The largest absolute Gasteiger partial charge is 0.478 e. The second kappa shape index (κ2) is 15.9. The third kappa shape index (κ3) is 9.07. The molecule has 1 aliphatic carbocycles. The van der Waals surface area contributed by atoms with Crippen LogP contribution in [0.5, 0.6) is 0 Å². The van der Waals surface area contributed by atoms with E-state index in [0.29, 0.717) is 24.2 Å². The molecule has 1 heterocycles. The normalized spacial score (nSPS) is 17.5. The van der Waals surface area contributed by atoms with Crippen LogP contribution in [0.3, 0.4) is 0 Å². The van der Waals surface area contributed by atoms with Gasteiger partial charge in [-0.1, -0.05) is 86.8 Å². The minimum atomic E-state index is -1.07. The third-order valence-corrected chi connectivity index (χ3v) is 8.44. The fourth-order valence-electron chi connectivity index (χ4n) is 6.19. The molecule has 234 valence electrons. The number of hydrogen-bond donors (Lipinski definition) is 5. The van der Waals surface area contributed by atoms with Gasteiger partial charge < -0.3 is 37.4 Å². The van der Waals surface area contributed by atoms with E-state index >= 15 is 0 Å². The fraction of sp³-hybridized carbons (Fsp3) is 0.400. The molecule has 9 nitrogen and oxygen atoms in total. The van der Waals surface area contributed by atoms with E-state index < -0.39 is 12.0 Å². The summed E-state index contributed by atoms with van der Waals surface area (Å²) in [6.45, 7) is 2.22. The Labute approximate surface area is 259 Å². The Bertz CT molecular complexity index is 1490. The zero-order valence-electron chi connectivity index (χ0n) is 25.5. The predicted octanol–water partition coefficient (Wildman–Crippen LogP) is 6.07. The summed E-state index contributed by atoms with van der Waals surface area (Å²) < 4.78 is 0. The van der Waals surface area contributed by atoms with Crippen LogP contribution in [0.2, 0.25) is 0 Å². The number of carboxylic acid groups (broad SMARTS) is 1. The third-order valence-electron chi connectivity index (χ3n) is 8.44. The van der Waals surface area contributed by atoms with E-state index in [2.05, 4.69) is 53.3 Å². The van der Waals surface area contributed by atoms with E-state index in [1.807, 2.05) is 18.2 Å². The monoisotopic (exact) mass is 597 g/mol. The molecule has 4 atom stereocenters. The van der Waals surface area contributed by atoms with Crippen molar-refractivity contribution in [3.63, 3.8) is 0 Å². The topological polar surface area (TPSA) is 175 Å². The lowest BCUT2D eigenvalue weighted by Crippen LogP contribution is -2.26. The summed E-state index contributed by atoms with van der Waals surface area (Å²) in [5.41, 5.74) is 21.7.